The normalized spacial score (nSPS) is 9.53. The van der Waals surface area contributed by atoms with Crippen LogP contribution in [0.1, 0.15) is 20.7 Å². The van der Waals surface area contributed by atoms with Crippen LogP contribution in [0.2, 0.25) is 0 Å². The molecule has 78 valence electrons. The Morgan fingerprint density at radius 2 is 2.13 bits per heavy atom. The molecule has 0 aromatic heterocycles. The fourth-order valence-corrected chi connectivity index (χ4v) is 1.15. The maximum Gasteiger partial charge on any atom is 0.489 e. The van der Waals surface area contributed by atoms with Gasteiger partial charge in [0.15, 0.2) is 0 Å². The number of carbonyl (C=O) groups is 2. The van der Waals surface area contributed by atoms with Gasteiger partial charge in [0.2, 0.25) is 0 Å². The molecule has 6 heteroatoms. The van der Waals surface area contributed by atoms with E-state index in [9.17, 15) is 9.59 Å². The third kappa shape index (κ3) is 2.42. The van der Waals surface area contributed by atoms with Crippen LogP contribution in [-0.4, -0.2) is 36.5 Å². The summed E-state index contributed by atoms with van der Waals surface area (Å²) in [6, 6.07) is 3.91. The average molecular weight is 208 g/mol. The lowest BCUT2D eigenvalue weighted by Crippen LogP contribution is -2.33. The Kier molecular flexibility index (Phi) is 3.59. The Morgan fingerprint density at radius 1 is 1.47 bits per heavy atom. The van der Waals surface area contributed by atoms with Gasteiger partial charge in [-0.2, -0.15) is 0 Å². The third-order valence-corrected chi connectivity index (χ3v) is 1.91. The van der Waals surface area contributed by atoms with E-state index in [1.165, 1.54) is 25.3 Å². The van der Waals surface area contributed by atoms with Crippen molar-refractivity contribution < 1.29 is 24.4 Å². The standard InChI is InChI=1S/C9H9BO5/c1-15-9(12)6-2-3-7(5-11)8(4-6)10(13)14/h2-5,13-14H,1H3. The van der Waals surface area contributed by atoms with Gasteiger partial charge in [-0.15, -0.1) is 0 Å². The van der Waals surface area contributed by atoms with Gasteiger partial charge in [-0.25, -0.2) is 4.79 Å². The lowest BCUT2D eigenvalue weighted by Gasteiger charge is -2.05. The molecule has 5 nitrogen and oxygen atoms in total. The van der Waals surface area contributed by atoms with Crippen molar-refractivity contribution in [2.45, 2.75) is 0 Å². The molecule has 0 amide bonds. The second kappa shape index (κ2) is 4.72. The van der Waals surface area contributed by atoms with Crippen LogP contribution in [-0.2, 0) is 4.74 Å². The van der Waals surface area contributed by atoms with Crippen molar-refractivity contribution in [3.63, 3.8) is 0 Å². The zero-order valence-corrected chi connectivity index (χ0v) is 8.01. The Labute approximate surface area is 86.4 Å². The fraction of sp³-hybridized carbons (Fsp3) is 0.111. The maximum absolute atomic E-state index is 11.1. The van der Waals surface area contributed by atoms with Crippen LogP contribution in [0.25, 0.3) is 0 Å². The lowest BCUT2D eigenvalue weighted by molar-refractivity contribution is 0.0600. The summed E-state index contributed by atoms with van der Waals surface area (Å²) >= 11 is 0. The third-order valence-electron chi connectivity index (χ3n) is 1.91. The van der Waals surface area contributed by atoms with E-state index >= 15 is 0 Å². The Morgan fingerprint density at radius 3 is 2.60 bits per heavy atom. The molecule has 1 aromatic carbocycles. The molecule has 0 fully saturated rings. The molecular formula is C9H9BO5. The highest BCUT2D eigenvalue weighted by Gasteiger charge is 2.18. The number of aldehydes is 1. The molecular weight excluding hydrogens is 199 g/mol. The first-order valence-corrected chi connectivity index (χ1v) is 4.13. The number of carbonyl (C=O) groups excluding carboxylic acids is 2. The summed E-state index contributed by atoms with van der Waals surface area (Å²) in [6.07, 6.45) is 0.482. The van der Waals surface area contributed by atoms with Crippen LogP contribution in [0.3, 0.4) is 0 Å². The van der Waals surface area contributed by atoms with Gasteiger partial charge in [-0.3, -0.25) is 4.79 Å². The van der Waals surface area contributed by atoms with Crippen molar-refractivity contribution in [3.8, 4) is 0 Å². The van der Waals surface area contributed by atoms with Gasteiger partial charge < -0.3 is 14.8 Å². The quantitative estimate of drug-likeness (QED) is 0.376. The van der Waals surface area contributed by atoms with Crippen molar-refractivity contribution in [2.75, 3.05) is 7.11 Å². The van der Waals surface area contributed by atoms with E-state index in [1.807, 2.05) is 0 Å². The van der Waals surface area contributed by atoms with Gasteiger partial charge in [0.05, 0.1) is 12.7 Å². The number of hydrogen-bond acceptors (Lipinski definition) is 5. The lowest BCUT2D eigenvalue weighted by atomic mass is 9.76. The molecule has 0 unspecified atom stereocenters. The van der Waals surface area contributed by atoms with Crippen molar-refractivity contribution in [1.82, 2.24) is 0 Å². The molecule has 2 N–H and O–H groups in total. The number of hydrogen-bond donors (Lipinski definition) is 2. The molecule has 0 saturated heterocycles. The van der Waals surface area contributed by atoms with E-state index in [1.54, 1.807) is 0 Å². The minimum absolute atomic E-state index is 0.0205. The summed E-state index contributed by atoms with van der Waals surface area (Å²) < 4.78 is 4.45. The minimum atomic E-state index is -1.80. The summed E-state index contributed by atoms with van der Waals surface area (Å²) in [6.45, 7) is 0. The Hall–Kier alpha value is -1.66. The highest BCUT2D eigenvalue weighted by Crippen LogP contribution is 2.02. The van der Waals surface area contributed by atoms with Crippen molar-refractivity contribution in [1.29, 1.82) is 0 Å². The summed E-state index contributed by atoms with van der Waals surface area (Å²) in [5.74, 6) is -0.602. The van der Waals surface area contributed by atoms with Gasteiger partial charge in [0, 0.05) is 5.56 Å². The van der Waals surface area contributed by atoms with Crippen LogP contribution in [0.15, 0.2) is 18.2 Å². The Bertz CT molecular complexity index is 388. The van der Waals surface area contributed by atoms with Crippen LogP contribution in [0.4, 0.5) is 0 Å². The maximum atomic E-state index is 11.1. The highest BCUT2D eigenvalue weighted by molar-refractivity contribution is 6.60. The number of rotatable bonds is 3. The van der Waals surface area contributed by atoms with Crippen molar-refractivity contribution in [2.24, 2.45) is 0 Å². The van der Waals surface area contributed by atoms with Crippen LogP contribution in [0.5, 0.6) is 0 Å². The molecule has 1 aromatic rings. The average Bonchev–Trinajstić information content (AvgIpc) is 2.27. The molecule has 0 radical (unpaired) electrons. The minimum Gasteiger partial charge on any atom is -0.465 e. The summed E-state index contributed by atoms with van der Waals surface area (Å²) in [5, 5.41) is 17.9. The summed E-state index contributed by atoms with van der Waals surface area (Å²) in [5.41, 5.74) is 0.261. The van der Waals surface area contributed by atoms with E-state index in [2.05, 4.69) is 4.74 Å². The second-order valence-corrected chi connectivity index (χ2v) is 2.83. The molecule has 15 heavy (non-hydrogen) atoms. The monoisotopic (exact) mass is 208 g/mol. The zero-order valence-electron chi connectivity index (χ0n) is 8.01. The highest BCUT2D eigenvalue weighted by atomic mass is 16.5. The predicted molar refractivity (Wildman–Crippen MR) is 53.0 cm³/mol. The topological polar surface area (TPSA) is 83.8 Å². The van der Waals surface area contributed by atoms with Gasteiger partial charge in [-0.1, -0.05) is 6.07 Å². The van der Waals surface area contributed by atoms with E-state index in [-0.39, 0.29) is 16.6 Å². The summed E-state index contributed by atoms with van der Waals surface area (Å²) in [7, 11) is -0.583. The molecule has 0 bridgehead atoms. The van der Waals surface area contributed by atoms with Crippen molar-refractivity contribution >= 4 is 24.8 Å². The largest absolute Gasteiger partial charge is 0.489 e. The first kappa shape index (κ1) is 11.4. The number of methoxy groups -OCH3 is 1. The molecule has 0 aliphatic carbocycles. The van der Waals surface area contributed by atoms with Crippen LogP contribution < -0.4 is 5.46 Å². The van der Waals surface area contributed by atoms with E-state index < -0.39 is 13.1 Å². The van der Waals surface area contributed by atoms with Gasteiger partial charge >= 0.3 is 13.1 Å². The SMILES string of the molecule is COC(=O)c1ccc(C=O)c(B(O)O)c1. The van der Waals surface area contributed by atoms with E-state index in [4.69, 9.17) is 10.0 Å². The fourth-order valence-electron chi connectivity index (χ4n) is 1.15. The van der Waals surface area contributed by atoms with Crippen LogP contribution in [0, 0.1) is 0 Å². The zero-order chi connectivity index (χ0) is 11.4. The van der Waals surface area contributed by atoms with E-state index in [0.29, 0.717) is 6.29 Å². The molecule has 0 atom stereocenters. The number of esters is 1. The molecule has 0 spiro atoms. The smallest absolute Gasteiger partial charge is 0.465 e. The molecule has 1 rings (SSSR count). The van der Waals surface area contributed by atoms with E-state index in [0.717, 1.165) is 0 Å². The second-order valence-electron chi connectivity index (χ2n) is 2.83. The number of ether oxygens (including phenoxy) is 1. The van der Waals surface area contributed by atoms with Gasteiger partial charge in [-0.05, 0) is 17.6 Å². The molecule has 0 saturated carbocycles. The number of benzene rings is 1. The molecule has 0 aliphatic heterocycles. The van der Waals surface area contributed by atoms with Gasteiger partial charge in [0.1, 0.15) is 6.29 Å². The first-order valence-electron chi connectivity index (χ1n) is 4.13. The summed E-state index contributed by atoms with van der Waals surface area (Å²) in [4.78, 5) is 21.7. The molecule has 0 aliphatic rings. The predicted octanol–water partition coefficient (Wildman–Crippen LogP) is -1.03. The Balaban J connectivity index is 3.21. The first-order chi connectivity index (χ1) is 7.10. The van der Waals surface area contributed by atoms with Crippen molar-refractivity contribution in [3.05, 3.63) is 29.3 Å². The van der Waals surface area contributed by atoms with Gasteiger partial charge in [0.25, 0.3) is 0 Å². The molecule has 0 heterocycles. The van der Waals surface area contributed by atoms with Crippen LogP contribution >= 0.6 is 0 Å².